The van der Waals surface area contributed by atoms with Gasteiger partial charge in [0, 0.05) is 29.0 Å². The van der Waals surface area contributed by atoms with Crippen LogP contribution in [0.5, 0.6) is 5.75 Å². The van der Waals surface area contributed by atoms with Crippen LogP contribution < -0.4 is 24.9 Å². The second-order valence-electron chi connectivity index (χ2n) is 10.1. The van der Waals surface area contributed by atoms with Crippen LogP contribution in [0.1, 0.15) is 29.9 Å². The summed E-state index contributed by atoms with van der Waals surface area (Å²) in [7, 11) is 1.56. The highest BCUT2D eigenvalue weighted by Crippen LogP contribution is 2.33. The number of amides is 1. The summed E-state index contributed by atoms with van der Waals surface area (Å²) in [4.78, 5) is 43.8. The predicted molar refractivity (Wildman–Crippen MR) is 167 cm³/mol. The second-order valence-corrected chi connectivity index (χ2v) is 11.1. The third-order valence-electron chi connectivity index (χ3n) is 7.30. The third kappa shape index (κ3) is 5.36. The maximum absolute atomic E-state index is 14.0. The smallest absolute Gasteiger partial charge is 0.273 e. The quantitative estimate of drug-likeness (QED) is 0.196. The fourth-order valence-corrected chi connectivity index (χ4v) is 6.16. The molecule has 220 valence electrons. The van der Waals surface area contributed by atoms with Crippen molar-refractivity contribution in [3.63, 3.8) is 0 Å². The van der Waals surface area contributed by atoms with Gasteiger partial charge in [-0.3, -0.25) is 24.3 Å². The molecule has 0 saturated carbocycles. The Labute approximate surface area is 255 Å². The molecule has 0 saturated heterocycles. The Morgan fingerprint density at radius 3 is 2.61 bits per heavy atom. The average molecular weight is 607 g/mol. The van der Waals surface area contributed by atoms with Gasteiger partial charge >= 0.3 is 0 Å². The number of furan rings is 1. The Morgan fingerprint density at radius 2 is 1.86 bits per heavy atom. The first-order chi connectivity index (χ1) is 21.2. The van der Waals surface area contributed by atoms with E-state index < -0.39 is 11.0 Å². The van der Waals surface area contributed by atoms with Crippen molar-refractivity contribution in [3.05, 3.63) is 143 Å². The van der Waals surface area contributed by atoms with Gasteiger partial charge in [-0.2, -0.15) is 0 Å². The highest BCUT2D eigenvalue weighted by Gasteiger charge is 2.33. The molecule has 6 rings (SSSR count). The number of nitro groups is 1. The van der Waals surface area contributed by atoms with Gasteiger partial charge in [-0.1, -0.05) is 53.8 Å². The molecule has 10 nitrogen and oxygen atoms in total. The number of para-hydroxylation sites is 1. The number of allylic oxidation sites excluding steroid dienone is 1. The van der Waals surface area contributed by atoms with Crippen molar-refractivity contribution >= 4 is 34.7 Å². The molecule has 5 aromatic rings. The molecule has 11 heteroatoms. The SMILES string of the molecule is COc1cccc([C@@H]2C(C(=O)Nc3ccccc3)=C(C)N=c3s/c(=C\c4ccc(-c5ccc(C)c([N+](=O)[O-])c5)o4)c(=O)n32)c1. The summed E-state index contributed by atoms with van der Waals surface area (Å²) in [5, 5.41) is 14.4. The van der Waals surface area contributed by atoms with Crippen LogP contribution in [0.4, 0.5) is 11.4 Å². The van der Waals surface area contributed by atoms with E-state index in [2.05, 4.69) is 10.3 Å². The molecule has 2 aromatic heterocycles. The summed E-state index contributed by atoms with van der Waals surface area (Å²) >= 11 is 1.18. The molecule has 0 radical (unpaired) electrons. The molecular weight excluding hydrogens is 580 g/mol. The van der Waals surface area contributed by atoms with Crippen LogP contribution in [0, 0.1) is 17.0 Å². The van der Waals surface area contributed by atoms with E-state index in [0.717, 1.165) is 0 Å². The lowest BCUT2D eigenvalue weighted by Crippen LogP contribution is -2.40. The Hall–Kier alpha value is -5.55. The van der Waals surface area contributed by atoms with Gasteiger partial charge in [0.25, 0.3) is 17.2 Å². The highest BCUT2D eigenvalue weighted by atomic mass is 32.1. The number of fused-ring (bicyclic) bond motifs is 1. The lowest BCUT2D eigenvalue weighted by Gasteiger charge is -2.25. The van der Waals surface area contributed by atoms with Crippen LogP contribution in [-0.4, -0.2) is 22.5 Å². The van der Waals surface area contributed by atoms with Gasteiger partial charge in [0.15, 0.2) is 4.80 Å². The molecular formula is C33H26N4O6S. The first-order valence-corrected chi connectivity index (χ1v) is 14.4. The molecule has 1 amide bonds. The summed E-state index contributed by atoms with van der Waals surface area (Å²) < 4.78 is 13.3. The van der Waals surface area contributed by atoms with Crippen LogP contribution >= 0.6 is 11.3 Å². The summed E-state index contributed by atoms with van der Waals surface area (Å²) in [5.41, 5.74) is 2.87. The highest BCUT2D eigenvalue weighted by molar-refractivity contribution is 7.07. The van der Waals surface area contributed by atoms with Gasteiger partial charge in [-0.05, 0) is 55.8 Å². The van der Waals surface area contributed by atoms with Crippen LogP contribution in [-0.2, 0) is 4.79 Å². The Balaban J connectivity index is 1.44. The van der Waals surface area contributed by atoms with Crippen LogP contribution in [0.25, 0.3) is 17.4 Å². The van der Waals surface area contributed by atoms with E-state index in [1.165, 1.54) is 22.0 Å². The molecule has 0 aliphatic carbocycles. The summed E-state index contributed by atoms with van der Waals surface area (Å²) in [6.45, 7) is 3.43. The molecule has 3 aromatic carbocycles. The van der Waals surface area contributed by atoms with E-state index in [1.54, 1.807) is 75.6 Å². The van der Waals surface area contributed by atoms with Crippen LogP contribution in [0.3, 0.4) is 0 Å². The van der Waals surface area contributed by atoms with E-state index in [-0.39, 0.29) is 17.2 Å². The second kappa shape index (κ2) is 11.6. The van der Waals surface area contributed by atoms with Crippen molar-refractivity contribution in [2.24, 2.45) is 4.99 Å². The van der Waals surface area contributed by atoms with Crippen molar-refractivity contribution in [3.8, 4) is 17.1 Å². The van der Waals surface area contributed by atoms with Gasteiger partial charge < -0.3 is 14.5 Å². The molecule has 0 fully saturated rings. The van der Waals surface area contributed by atoms with E-state index in [0.29, 0.717) is 60.3 Å². The van der Waals surface area contributed by atoms with Gasteiger partial charge in [0.05, 0.1) is 33.9 Å². The minimum Gasteiger partial charge on any atom is -0.497 e. The maximum atomic E-state index is 14.0. The van der Waals surface area contributed by atoms with Crippen molar-refractivity contribution in [1.82, 2.24) is 4.57 Å². The molecule has 0 spiro atoms. The zero-order chi connectivity index (χ0) is 31.0. The lowest BCUT2D eigenvalue weighted by molar-refractivity contribution is -0.385. The van der Waals surface area contributed by atoms with Crippen molar-refractivity contribution in [2.75, 3.05) is 12.4 Å². The van der Waals surface area contributed by atoms with Crippen LogP contribution in [0.15, 0.2) is 110 Å². The topological polar surface area (TPSA) is 129 Å². The number of nitrogens with zero attached hydrogens (tertiary/aromatic N) is 3. The van der Waals surface area contributed by atoms with E-state index in [4.69, 9.17) is 9.15 Å². The molecule has 1 N–H and O–H groups in total. The molecule has 3 heterocycles. The lowest BCUT2D eigenvalue weighted by atomic mass is 9.95. The largest absolute Gasteiger partial charge is 0.497 e. The number of nitrogens with one attached hydrogen (secondary N) is 1. The molecule has 44 heavy (non-hydrogen) atoms. The number of aromatic nitrogens is 1. The number of hydrogen-bond acceptors (Lipinski definition) is 8. The fourth-order valence-electron chi connectivity index (χ4n) is 5.13. The number of carbonyl (C=O) groups is 1. The van der Waals surface area contributed by atoms with E-state index >= 15 is 0 Å². The monoisotopic (exact) mass is 606 g/mol. The van der Waals surface area contributed by atoms with Gasteiger partial charge in [0.2, 0.25) is 0 Å². The fraction of sp³-hybridized carbons (Fsp3) is 0.121. The van der Waals surface area contributed by atoms with Gasteiger partial charge in [-0.25, -0.2) is 4.99 Å². The minimum atomic E-state index is -0.771. The summed E-state index contributed by atoms with van der Waals surface area (Å²) in [6, 6.07) is 23.8. The first kappa shape index (κ1) is 28.6. The van der Waals surface area contributed by atoms with Crippen molar-refractivity contribution < 1.29 is 18.9 Å². The van der Waals surface area contributed by atoms with Crippen LogP contribution in [0.2, 0.25) is 0 Å². The zero-order valence-electron chi connectivity index (χ0n) is 23.9. The Bertz CT molecular complexity index is 2140. The minimum absolute atomic E-state index is 0.00576. The molecule has 1 aliphatic rings. The van der Waals surface area contributed by atoms with E-state index in [9.17, 15) is 19.7 Å². The number of nitro benzene ring substituents is 1. The average Bonchev–Trinajstić information content (AvgIpc) is 3.61. The normalized spacial score (nSPS) is 14.6. The Kier molecular flexibility index (Phi) is 7.54. The van der Waals surface area contributed by atoms with E-state index in [1.807, 2.05) is 30.3 Å². The third-order valence-corrected chi connectivity index (χ3v) is 8.28. The van der Waals surface area contributed by atoms with Crippen molar-refractivity contribution in [2.45, 2.75) is 19.9 Å². The number of carbonyl (C=O) groups excluding carboxylic acids is 1. The number of methoxy groups -OCH3 is 1. The van der Waals surface area contributed by atoms with Gasteiger partial charge in [0.1, 0.15) is 17.3 Å². The Morgan fingerprint density at radius 1 is 1.07 bits per heavy atom. The summed E-state index contributed by atoms with van der Waals surface area (Å²) in [6.07, 6.45) is 1.61. The number of anilines is 1. The number of thiazole rings is 1. The molecule has 0 unspecified atom stereocenters. The molecule has 1 atom stereocenters. The summed E-state index contributed by atoms with van der Waals surface area (Å²) in [5.74, 6) is 1.03. The molecule has 1 aliphatic heterocycles. The standard InChI is InChI=1S/C33H26N4O6S/c1-19-12-13-21(17-26(19)37(40)41)27-15-14-25(43-27)18-28-32(39)36-30(22-8-7-11-24(16-22)42-3)29(20(2)34-33(36)44-28)31(38)35-23-9-5-4-6-10-23/h4-18,30H,1-3H3,(H,35,38)/b28-18-/t30-/m1/s1. The predicted octanol–water partition coefficient (Wildman–Crippen LogP) is 5.36. The first-order valence-electron chi connectivity index (χ1n) is 13.6. The maximum Gasteiger partial charge on any atom is 0.273 e. The number of hydrogen-bond donors (Lipinski definition) is 1. The van der Waals surface area contributed by atoms with Gasteiger partial charge in [-0.15, -0.1) is 0 Å². The molecule has 0 bridgehead atoms. The number of aryl methyl sites for hydroxylation is 1. The zero-order valence-corrected chi connectivity index (χ0v) is 24.8. The number of benzene rings is 3. The van der Waals surface area contributed by atoms with Crippen molar-refractivity contribution in [1.29, 1.82) is 0 Å². The number of ether oxygens (including phenoxy) is 1. The number of rotatable bonds is 7.